The van der Waals surface area contributed by atoms with Crippen LogP contribution in [0.4, 0.5) is 0 Å². The Morgan fingerprint density at radius 1 is 0.895 bits per heavy atom. The third kappa shape index (κ3) is 2.24. The van der Waals surface area contributed by atoms with Gasteiger partial charge in [0.15, 0.2) is 0 Å². The lowest BCUT2D eigenvalue weighted by molar-refractivity contribution is 0.414. The molecule has 3 rings (SSSR count). The molecule has 1 aromatic carbocycles. The summed E-state index contributed by atoms with van der Waals surface area (Å²) < 4.78 is 0. The molecule has 2 aliphatic rings. The van der Waals surface area contributed by atoms with E-state index >= 15 is 0 Å². The van der Waals surface area contributed by atoms with E-state index in [0.29, 0.717) is 11.8 Å². The highest BCUT2D eigenvalue weighted by Crippen LogP contribution is 2.55. The molecule has 0 nitrogen and oxygen atoms in total. The van der Waals surface area contributed by atoms with Gasteiger partial charge in [-0.3, -0.25) is 0 Å². The Morgan fingerprint density at radius 2 is 1.53 bits per heavy atom. The maximum absolute atomic E-state index is 2.39. The lowest BCUT2D eigenvalue weighted by atomic mass is 9.75. The van der Waals surface area contributed by atoms with Crippen LogP contribution >= 0.6 is 0 Å². The van der Waals surface area contributed by atoms with Crippen molar-refractivity contribution in [2.45, 2.75) is 71.1 Å². The molecule has 0 heteroatoms. The summed E-state index contributed by atoms with van der Waals surface area (Å²) in [6, 6.07) is 7.05. The third-order valence-corrected chi connectivity index (χ3v) is 5.53. The van der Waals surface area contributed by atoms with Gasteiger partial charge < -0.3 is 0 Å². The Kier molecular flexibility index (Phi) is 3.45. The summed E-state index contributed by atoms with van der Waals surface area (Å²) in [7, 11) is 0. The molecule has 0 spiro atoms. The van der Waals surface area contributed by atoms with Gasteiger partial charge in [-0.15, -0.1) is 0 Å². The van der Waals surface area contributed by atoms with Crippen molar-refractivity contribution in [3.63, 3.8) is 0 Å². The number of hydrogen-bond acceptors (Lipinski definition) is 0. The second-order valence-corrected chi connectivity index (χ2v) is 7.44. The minimum atomic E-state index is 0.660. The molecule has 0 aromatic heterocycles. The first-order valence-corrected chi connectivity index (χ1v) is 8.20. The van der Waals surface area contributed by atoms with E-state index in [0.717, 1.165) is 17.8 Å². The van der Waals surface area contributed by atoms with Gasteiger partial charge in [0.25, 0.3) is 0 Å². The van der Waals surface area contributed by atoms with Gasteiger partial charge in [-0.2, -0.15) is 0 Å². The minimum Gasteiger partial charge on any atom is -0.0617 e. The van der Waals surface area contributed by atoms with Crippen molar-refractivity contribution in [2.75, 3.05) is 0 Å². The fraction of sp³-hybridized carbons (Fsp3) is 0.684. The SMILES string of the molecule is CC(C)c1cccc(C(C)C)c1C1CC2CCC1C2. The molecule has 104 valence electrons. The Hall–Kier alpha value is -0.780. The molecule has 3 unspecified atom stereocenters. The highest BCUT2D eigenvalue weighted by molar-refractivity contribution is 5.42. The van der Waals surface area contributed by atoms with Crippen LogP contribution in [0.1, 0.15) is 87.8 Å². The van der Waals surface area contributed by atoms with Crippen molar-refractivity contribution in [1.29, 1.82) is 0 Å². The number of hydrogen-bond donors (Lipinski definition) is 0. The lowest BCUT2D eigenvalue weighted by Crippen LogP contribution is -2.14. The van der Waals surface area contributed by atoms with E-state index in [-0.39, 0.29) is 0 Å². The van der Waals surface area contributed by atoms with Crippen molar-refractivity contribution in [3.05, 3.63) is 34.9 Å². The van der Waals surface area contributed by atoms with Crippen LogP contribution in [0, 0.1) is 11.8 Å². The van der Waals surface area contributed by atoms with Gasteiger partial charge in [-0.05, 0) is 65.5 Å². The van der Waals surface area contributed by atoms with Crippen LogP contribution in [-0.2, 0) is 0 Å². The largest absolute Gasteiger partial charge is 0.0617 e. The second kappa shape index (κ2) is 4.96. The van der Waals surface area contributed by atoms with E-state index in [1.807, 2.05) is 0 Å². The van der Waals surface area contributed by atoms with E-state index in [9.17, 15) is 0 Å². The summed E-state index contributed by atoms with van der Waals surface area (Å²) in [4.78, 5) is 0. The molecule has 0 saturated heterocycles. The summed E-state index contributed by atoms with van der Waals surface area (Å²) in [5, 5.41) is 0. The molecule has 2 bridgehead atoms. The van der Waals surface area contributed by atoms with E-state index in [1.165, 1.54) is 25.7 Å². The molecule has 0 aliphatic heterocycles. The predicted octanol–water partition coefficient (Wildman–Crippen LogP) is 5.84. The summed E-state index contributed by atoms with van der Waals surface area (Å²) in [6.07, 6.45) is 5.96. The Bertz CT molecular complexity index is 429. The van der Waals surface area contributed by atoms with Crippen LogP contribution in [0.2, 0.25) is 0 Å². The fourth-order valence-electron chi connectivity index (χ4n) is 4.64. The molecule has 0 N–H and O–H groups in total. The average molecular weight is 256 g/mol. The zero-order chi connectivity index (χ0) is 13.6. The molecule has 1 aromatic rings. The molecule has 2 saturated carbocycles. The van der Waals surface area contributed by atoms with Gasteiger partial charge in [-0.1, -0.05) is 52.3 Å². The molecule has 0 radical (unpaired) electrons. The molecular weight excluding hydrogens is 228 g/mol. The topological polar surface area (TPSA) is 0 Å². The zero-order valence-electron chi connectivity index (χ0n) is 12.9. The molecular formula is C19H28. The van der Waals surface area contributed by atoms with Crippen molar-refractivity contribution in [1.82, 2.24) is 0 Å². The number of fused-ring (bicyclic) bond motifs is 2. The van der Waals surface area contributed by atoms with Gasteiger partial charge in [-0.25, -0.2) is 0 Å². The van der Waals surface area contributed by atoms with Crippen LogP contribution in [0.15, 0.2) is 18.2 Å². The summed E-state index contributed by atoms with van der Waals surface area (Å²) in [6.45, 7) is 9.43. The van der Waals surface area contributed by atoms with E-state index in [4.69, 9.17) is 0 Å². The normalized spacial score (nSPS) is 29.7. The number of benzene rings is 1. The van der Waals surface area contributed by atoms with Crippen LogP contribution < -0.4 is 0 Å². The molecule has 0 heterocycles. The van der Waals surface area contributed by atoms with Gasteiger partial charge in [0.1, 0.15) is 0 Å². The Morgan fingerprint density at radius 3 is 1.95 bits per heavy atom. The molecule has 2 aliphatic carbocycles. The van der Waals surface area contributed by atoms with Gasteiger partial charge in [0.2, 0.25) is 0 Å². The highest BCUT2D eigenvalue weighted by Gasteiger charge is 2.41. The Balaban J connectivity index is 2.06. The molecule has 3 atom stereocenters. The maximum atomic E-state index is 2.39. The van der Waals surface area contributed by atoms with Crippen LogP contribution in [0.5, 0.6) is 0 Å². The molecule has 2 fully saturated rings. The third-order valence-electron chi connectivity index (χ3n) is 5.53. The summed E-state index contributed by atoms with van der Waals surface area (Å²) in [5.74, 6) is 4.22. The van der Waals surface area contributed by atoms with Gasteiger partial charge in [0, 0.05) is 0 Å². The molecule has 0 amide bonds. The van der Waals surface area contributed by atoms with Crippen molar-refractivity contribution < 1.29 is 0 Å². The zero-order valence-corrected chi connectivity index (χ0v) is 12.9. The van der Waals surface area contributed by atoms with Gasteiger partial charge >= 0.3 is 0 Å². The maximum Gasteiger partial charge on any atom is -0.0125 e. The quantitative estimate of drug-likeness (QED) is 0.637. The van der Waals surface area contributed by atoms with E-state index < -0.39 is 0 Å². The lowest BCUT2D eigenvalue weighted by Gasteiger charge is -2.29. The predicted molar refractivity (Wildman–Crippen MR) is 82.8 cm³/mol. The number of rotatable bonds is 3. The van der Waals surface area contributed by atoms with E-state index in [2.05, 4.69) is 45.9 Å². The fourth-order valence-corrected chi connectivity index (χ4v) is 4.64. The average Bonchev–Trinajstić information content (AvgIpc) is 2.99. The summed E-state index contributed by atoms with van der Waals surface area (Å²) >= 11 is 0. The first-order chi connectivity index (χ1) is 9.08. The van der Waals surface area contributed by atoms with Crippen molar-refractivity contribution in [3.8, 4) is 0 Å². The van der Waals surface area contributed by atoms with Crippen LogP contribution in [0.25, 0.3) is 0 Å². The highest BCUT2D eigenvalue weighted by atomic mass is 14.5. The summed E-state index contributed by atoms with van der Waals surface area (Å²) in [5.41, 5.74) is 5.01. The van der Waals surface area contributed by atoms with Crippen molar-refractivity contribution in [2.24, 2.45) is 11.8 Å². The van der Waals surface area contributed by atoms with Gasteiger partial charge in [0.05, 0.1) is 0 Å². The standard InChI is InChI=1S/C19H28/c1-12(2)16-6-5-7-17(13(3)4)19(16)18-11-14-8-9-15(18)10-14/h5-7,12-15,18H,8-11H2,1-4H3. The van der Waals surface area contributed by atoms with Crippen LogP contribution in [0.3, 0.4) is 0 Å². The minimum absolute atomic E-state index is 0.660. The van der Waals surface area contributed by atoms with Crippen molar-refractivity contribution >= 4 is 0 Å². The van der Waals surface area contributed by atoms with E-state index in [1.54, 1.807) is 16.7 Å². The van der Waals surface area contributed by atoms with Crippen LogP contribution in [-0.4, -0.2) is 0 Å². The molecule has 19 heavy (non-hydrogen) atoms. The Labute approximate surface area is 118 Å². The smallest absolute Gasteiger partial charge is 0.0125 e. The monoisotopic (exact) mass is 256 g/mol. The first kappa shape index (κ1) is 13.2. The first-order valence-electron chi connectivity index (χ1n) is 8.20. The second-order valence-electron chi connectivity index (χ2n) is 7.44.